The summed E-state index contributed by atoms with van der Waals surface area (Å²) < 4.78 is 25.8. The van der Waals surface area contributed by atoms with Crippen LogP contribution in [0.1, 0.15) is 52.5 Å². The fraction of sp³-hybridized carbons (Fsp3) is 0.355. The van der Waals surface area contributed by atoms with Crippen molar-refractivity contribution in [2.24, 2.45) is 0 Å². The van der Waals surface area contributed by atoms with Gasteiger partial charge >= 0.3 is 0 Å². The summed E-state index contributed by atoms with van der Waals surface area (Å²) in [5, 5.41) is 2.99. The smallest absolute Gasteiger partial charge is 0.270 e. The van der Waals surface area contributed by atoms with Crippen LogP contribution in [0.4, 0.5) is 0 Å². The average Bonchev–Trinajstić information content (AvgIpc) is 3.61. The van der Waals surface area contributed by atoms with E-state index in [-0.39, 0.29) is 12.7 Å². The predicted molar refractivity (Wildman–Crippen MR) is 156 cm³/mol. The third-order valence-corrected chi connectivity index (χ3v) is 8.22. The molecule has 1 unspecified atom stereocenters. The second-order valence-electron chi connectivity index (χ2n) is 10.2. The Hall–Kier alpha value is -3.55. The van der Waals surface area contributed by atoms with Crippen LogP contribution >= 0.6 is 0 Å². The van der Waals surface area contributed by atoms with Crippen molar-refractivity contribution in [3.05, 3.63) is 76.5 Å². The summed E-state index contributed by atoms with van der Waals surface area (Å²) in [4.78, 5) is 20.2. The van der Waals surface area contributed by atoms with Crippen LogP contribution in [0.15, 0.2) is 48.5 Å². The molecule has 2 aromatic carbocycles. The first-order valence-corrected chi connectivity index (χ1v) is 14.8. The fourth-order valence-electron chi connectivity index (χ4n) is 4.63. The van der Waals surface area contributed by atoms with Crippen molar-refractivity contribution in [3.8, 4) is 34.6 Å². The lowest BCUT2D eigenvalue weighted by molar-refractivity contribution is 0.0946. The van der Waals surface area contributed by atoms with E-state index in [0.717, 1.165) is 46.4 Å². The molecule has 208 valence electrons. The number of hydrogen-bond donors (Lipinski definition) is 1. The molecule has 0 bridgehead atoms. The third kappa shape index (κ3) is 6.60. The quantitative estimate of drug-likeness (QED) is 0.312. The van der Waals surface area contributed by atoms with E-state index in [1.54, 1.807) is 0 Å². The zero-order valence-corrected chi connectivity index (χ0v) is 24.0. The standard InChI is InChI=1S/C31H34N4O4S/c1-4-5-14-40(37)35-19-25-17-27(31(36)32-18-23-11-12-28-29(16-23)39-21-38-28)33-30(26(25)20-35)24-10-6-8-22(15-24)9-7-13-34(2)3/h6,8,10-12,15-17H,4-5,13-14,18-21H2,1-3H3,(H,32,36). The minimum Gasteiger partial charge on any atom is -0.598 e. The number of unbranched alkanes of at least 4 members (excludes halogenated alkanes) is 1. The van der Waals surface area contributed by atoms with Gasteiger partial charge in [-0.25, -0.2) is 4.98 Å². The molecule has 0 saturated carbocycles. The van der Waals surface area contributed by atoms with Crippen LogP contribution in [0.2, 0.25) is 0 Å². The van der Waals surface area contributed by atoms with Crippen LogP contribution in [-0.4, -0.2) is 57.8 Å². The van der Waals surface area contributed by atoms with E-state index in [1.165, 1.54) is 0 Å². The second kappa shape index (κ2) is 12.7. The van der Waals surface area contributed by atoms with Crippen molar-refractivity contribution < 1.29 is 18.8 Å². The highest BCUT2D eigenvalue weighted by Gasteiger charge is 2.32. The van der Waals surface area contributed by atoms with Crippen LogP contribution in [-0.2, 0) is 31.0 Å². The van der Waals surface area contributed by atoms with E-state index in [0.29, 0.717) is 49.1 Å². The Morgan fingerprint density at radius 3 is 2.83 bits per heavy atom. The van der Waals surface area contributed by atoms with E-state index in [1.807, 2.05) is 71.8 Å². The lowest BCUT2D eigenvalue weighted by Gasteiger charge is -2.19. The number of amides is 1. The van der Waals surface area contributed by atoms with Gasteiger partial charge in [-0.15, -0.1) is 4.31 Å². The Morgan fingerprint density at radius 2 is 2.00 bits per heavy atom. The zero-order valence-electron chi connectivity index (χ0n) is 23.2. The predicted octanol–water partition coefficient (Wildman–Crippen LogP) is 4.10. The lowest BCUT2D eigenvalue weighted by Crippen LogP contribution is -2.28. The van der Waals surface area contributed by atoms with Crippen molar-refractivity contribution in [2.45, 2.75) is 39.4 Å². The van der Waals surface area contributed by atoms with Crippen LogP contribution in [0.5, 0.6) is 11.5 Å². The number of benzene rings is 2. The monoisotopic (exact) mass is 558 g/mol. The first-order chi connectivity index (χ1) is 19.4. The number of aromatic nitrogens is 1. The maximum Gasteiger partial charge on any atom is 0.270 e. The van der Waals surface area contributed by atoms with Gasteiger partial charge in [-0.3, -0.25) is 9.69 Å². The molecule has 1 aromatic heterocycles. The molecule has 0 saturated heterocycles. The molecule has 9 heteroatoms. The molecule has 0 aliphatic carbocycles. The molecule has 2 aliphatic heterocycles. The Labute approximate surface area is 239 Å². The van der Waals surface area contributed by atoms with Crippen molar-refractivity contribution in [1.82, 2.24) is 19.5 Å². The topological polar surface area (TPSA) is 90.0 Å². The van der Waals surface area contributed by atoms with E-state index < -0.39 is 11.4 Å². The maximum absolute atomic E-state index is 13.3. The normalized spacial score (nSPS) is 14.5. The lowest BCUT2D eigenvalue weighted by atomic mass is 10.00. The zero-order chi connectivity index (χ0) is 28.1. The molecular formula is C31H34N4O4S. The number of rotatable bonds is 9. The number of ether oxygens (including phenoxy) is 2. The van der Waals surface area contributed by atoms with Crippen LogP contribution in [0.25, 0.3) is 11.3 Å². The van der Waals surface area contributed by atoms with Gasteiger partial charge in [0.15, 0.2) is 11.5 Å². The summed E-state index contributed by atoms with van der Waals surface area (Å²) in [6, 6.07) is 15.4. The number of nitrogens with zero attached hydrogens (tertiary/aromatic N) is 3. The molecule has 1 amide bonds. The van der Waals surface area contributed by atoms with Crippen molar-refractivity contribution in [3.63, 3.8) is 0 Å². The number of fused-ring (bicyclic) bond motifs is 2. The first kappa shape index (κ1) is 28.0. The van der Waals surface area contributed by atoms with Gasteiger partial charge in [-0.2, -0.15) is 0 Å². The van der Waals surface area contributed by atoms with Crippen molar-refractivity contribution >= 4 is 17.3 Å². The van der Waals surface area contributed by atoms with Gasteiger partial charge in [0.2, 0.25) is 6.79 Å². The van der Waals surface area contributed by atoms with E-state index >= 15 is 0 Å². The van der Waals surface area contributed by atoms with Gasteiger partial charge in [-0.1, -0.05) is 43.4 Å². The van der Waals surface area contributed by atoms with Gasteiger partial charge in [-0.05, 0) is 62.0 Å². The Bertz CT molecular complexity index is 1450. The largest absolute Gasteiger partial charge is 0.598 e. The minimum absolute atomic E-state index is 0.204. The molecule has 1 N–H and O–H groups in total. The molecule has 0 spiro atoms. The van der Waals surface area contributed by atoms with Gasteiger partial charge in [0, 0.05) is 34.6 Å². The van der Waals surface area contributed by atoms with Gasteiger partial charge in [0.05, 0.1) is 25.3 Å². The number of carbonyl (C=O) groups excluding carboxylic acids is 1. The van der Waals surface area contributed by atoms with Crippen LogP contribution in [0.3, 0.4) is 0 Å². The highest BCUT2D eigenvalue weighted by atomic mass is 32.2. The summed E-state index contributed by atoms with van der Waals surface area (Å²) in [7, 11) is 3.97. The molecule has 1 atom stereocenters. The van der Waals surface area contributed by atoms with Crippen LogP contribution in [0, 0.1) is 11.8 Å². The molecule has 2 aliphatic rings. The molecule has 3 aromatic rings. The van der Waals surface area contributed by atoms with Gasteiger partial charge in [0.1, 0.15) is 11.4 Å². The molecule has 0 radical (unpaired) electrons. The first-order valence-electron chi connectivity index (χ1n) is 13.5. The fourth-order valence-corrected chi connectivity index (χ4v) is 5.98. The van der Waals surface area contributed by atoms with Gasteiger partial charge < -0.3 is 19.3 Å². The molecule has 40 heavy (non-hydrogen) atoms. The molecule has 8 nitrogen and oxygen atoms in total. The Morgan fingerprint density at radius 1 is 1.15 bits per heavy atom. The van der Waals surface area contributed by atoms with E-state index in [4.69, 9.17) is 14.5 Å². The number of hydrogen-bond acceptors (Lipinski definition) is 7. The highest BCUT2D eigenvalue weighted by molar-refractivity contribution is 7.89. The summed E-state index contributed by atoms with van der Waals surface area (Å²) in [6.45, 7) is 4.34. The average molecular weight is 559 g/mol. The number of carbonyl (C=O) groups is 1. The summed E-state index contributed by atoms with van der Waals surface area (Å²) in [5.41, 5.74) is 5.73. The minimum atomic E-state index is -1.09. The van der Waals surface area contributed by atoms with E-state index in [9.17, 15) is 9.35 Å². The maximum atomic E-state index is 13.3. The SMILES string of the molecule is CCCC[S+]([O-])N1Cc2cc(C(=O)NCc3ccc4c(c3)OCO4)nc(-c3cccc(C#CCN(C)C)c3)c2C1. The van der Waals surface area contributed by atoms with Gasteiger partial charge in [0.25, 0.3) is 5.91 Å². The molecular weight excluding hydrogens is 524 g/mol. The number of pyridine rings is 1. The Kier molecular flexibility index (Phi) is 8.92. The summed E-state index contributed by atoms with van der Waals surface area (Å²) in [5.74, 6) is 8.14. The number of nitrogens with one attached hydrogen (secondary N) is 1. The Balaban J connectivity index is 1.42. The molecule has 3 heterocycles. The second-order valence-corrected chi connectivity index (χ2v) is 11.7. The highest BCUT2D eigenvalue weighted by Crippen LogP contribution is 2.35. The summed E-state index contributed by atoms with van der Waals surface area (Å²) in [6.07, 6.45) is 1.90. The molecule has 0 fully saturated rings. The molecule has 5 rings (SSSR count). The van der Waals surface area contributed by atoms with E-state index in [2.05, 4.69) is 24.1 Å². The van der Waals surface area contributed by atoms with Crippen molar-refractivity contribution in [1.29, 1.82) is 0 Å². The van der Waals surface area contributed by atoms with Crippen molar-refractivity contribution in [2.75, 3.05) is 33.2 Å². The summed E-state index contributed by atoms with van der Waals surface area (Å²) >= 11 is -1.09. The third-order valence-electron chi connectivity index (χ3n) is 6.75. The van der Waals surface area contributed by atoms with Crippen LogP contribution < -0.4 is 14.8 Å².